The number of anilines is 1. The predicted molar refractivity (Wildman–Crippen MR) is 77.3 cm³/mol. The van der Waals surface area contributed by atoms with Gasteiger partial charge in [0.2, 0.25) is 5.95 Å². The Bertz CT molecular complexity index is 666. The summed E-state index contributed by atoms with van der Waals surface area (Å²) in [5, 5.41) is 7.93. The SMILES string of the molecule is Cc1cc(=O)[nH]c(-n2nc(C)cc2NC2CCCC2)n1. The highest BCUT2D eigenvalue weighted by atomic mass is 16.1. The Kier molecular flexibility index (Phi) is 3.30. The van der Waals surface area contributed by atoms with Crippen LogP contribution in [-0.2, 0) is 0 Å². The number of hydrogen-bond acceptors (Lipinski definition) is 4. The van der Waals surface area contributed by atoms with Crippen molar-refractivity contribution in [3.63, 3.8) is 0 Å². The highest BCUT2D eigenvalue weighted by molar-refractivity contribution is 5.42. The first-order valence-electron chi connectivity index (χ1n) is 7.03. The van der Waals surface area contributed by atoms with Crippen LogP contribution in [-0.4, -0.2) is 25.8 Å². The molecule has 6 heteroatoms. The van der Waals surface area contributed by atoms with E-state index in [1.165, 1.54) is 31.7 Å². The van der Waals surface area contributed by atoms with E-state index in [0.717, 1.165) is 11.5 Å². The molecular weight excluding hydrogens is 254 g/mol. The lowest BCUT2D eigenvalue weighted by atomic mass is 10.2. The normalized spacial score (nSPS) is 15.7. The van der Waals surface area contributed by atoms with Crippen molar-refractivity contribution in [3.8, 4) is 5.95 Å². The number of nitrogens with zero attached hydrogens (tertiary/aromatic N) is 3. The fourth-order valence-electron chi connectivity index (χ4n) is 2.71. The Morgan fingerprint density at radius 1 is 1.25 bits per heavy atom. The molecule has 20 heavy (non-hydrogen) atoms. The molecule has 2 aromatic heterocycles. The smallest absolute Gasteiger partial charge is 0.252 e. The molecule has 0 amide bonds. The van der Waals surface area contributed by atoms with Gasteiger partial charge in [-0.05, 0) is 26.7 Å². The highest BCUT2D eigenvalue weighted by Gasteiger charge is 2.18. The zero-order valence-electron chi connectivity index (χ0n) is 11.8. The third kappa shape index (κ3) is 2.59. The predicted octanol–water partition coefficient (Wildman–Crippen LogP) is 1.93. The first kappa shape index (κ1) is 12.9. The molecule has 0 spiro atoms. The number of aryl methyl sites for hydroxylation is 2. The summed E-state index contributed by atoms with van der Waals surface area (Å²) < 4.78 is 1.68. The first-order valence-corrected chi connectivity index (χ1v) is 7.03. The molecule has 106 valence electrons. The summed E-state index contributed by atoms with van der Waals surface area (Å²) in [6, 6.07) is 3.95. The van der Waals surface area contributed by atoms with Gasteiger partial charge in [-0.3, -0.25) is 9.78 Å². The monoisotopic (exact) mass is 273 g/mol. The zero-order valence-corrected chi connectivity index (χ0v) is 11.8. The van der Waals surface area contributed by atoms with Crippen LogP contribution in [0.3, 0.4) is 0 Å². The molecule has 2 heterocycles. The number of nitrogens with one attached hydrogen (secondary N) is 2. The van der Waals surface area contributed by atoms with E-state index in [1.807, 2.05) is 13.0 Å². The average molecular weight is 273 g/mol. The topological polar surface area (TPSA) is 75.6 Å². The van der Waals surface area contributed by atoms with Gasteiger partial charge in [-0.25, -0.2) is 4.98 Å². The van der Waals surface area contributed by atoms with Gasteiger partial charge in [0.05, 0.1) is 5.69 Å². The second kappa shape index (κ2) is 5.11. The minimum absolute atomic E-state index is 0.160. The van der Waals surface area contributed by atoms with Gasteiger partial charge in [0, 0.05) is 23.9 Å². The Morgan fingerprint density at radius 3 is 2.70 bits per heavy atom. The molecule has 0 radical (unpaired) electrons. The van der Waals surface area contributed by atoms with Crippen LogP contribution >= 0.6 is 0 Å². The number of H-pyrrole nitrogens is 1. The largest absolute Gasteiger partial charge is 0.367 e. The molecule has 3 rings (SSSR count). The average Bonchev–Trinajstić information content (AvgIpc) is 2.98. The Morgan fingerprint density at radius 2 is 2.00 bits per heavy atom. The van der Waals surface area contributed by atoms with Gasteiger partial charge >= 0.3 is 0 Å². The lowest BCUT2D eigenvalue weighted by Crippen LogP contribution is -2.20. The molecular formula is C14H19N5O. The third-order valence-corrected chi connectivity index (χ3v) is 3.60. The molecule has 0 bridgehead atoms. The first-order chi connectivity index (χ1) is 9.61. The van der Waals surface area contributed by atoms with Crippen molar-refractivity contribution in [1.29, 1.82) is 0 Å². The number of hydrogen-bond donors (Lipinski definition) is 2. The maximum absolute atomic E-state index is 11.6. The van der Waals surface area contributed by atoms with Gasteiger partial charge in [-0.2, -0.15) is 9.78 Å². The van der Waals surface area contributed by atoms with E-state index >= 15 is 0 Å². The number of aromatic amines is 1. The molecule has 0 unspecified atom stereocenters. The lowest BCUT2D eigenvalue weighted by Gasteiger charge is -2.14. The lowest BCUT2D eigenvalue weighted by molar-refractivity contribution is 0.723. The van der Waals surface area contributed by atoms with Crippen LogP contribution < -0.4 is 10.9 Å². The van der Waals surface area contributed by atoms with Crippen molar-refractivity contribution in [3.05, 3.63) is 33.9 Å². The molecule has 0 aromatic carbocycles. The quantitative estimate of drug-likeness (QED) is 0.896. The van der Waals surface area contributed by atoms with Crippen molar-refractivity contribution < 1.29 is 0 Å². The van der Waals surface area contributed by atoms with Crippen LogP contribution in [0.25, 0.3) is 5.95 Å². The summed E-state index contributed by atoms with van der Waals surface area (Å²) in [5.41, 5.74) is 1.42. The summed E-state index contributed by atoms with van der Waals surface area (Å²) in [7, 11) is 0. The molecule has 6 nitrogen and oxygen atoms in total. The summed E-state index contributed by atoms with van der Waals surface area (Å²) in [4.78, 5) is 18.7. The standard InChI is InChI=1S/C14H19N5O/c1-9-8-13(20)17-14(15-9)19-12(7-10(2)18-19)16-11-5-3-4-6-11/h7-8,11,16H,3-6H2,1-2H3,(H,15,17,20). The van der Waals surface area contributed by atoms with Crippen molar-refractivity contribution >= 4 is 5.82 Å². The van der Waals surface area contributed by atoms with Crippen molar-refractivity contribution in [1.82, 2.24) is 19.7 Å². The van der Waals surface area contributed by atoms with Crippen LogP contribution in [0.15, 0.2) is 16.9 Å². The molecule has 1 saturated carbocycles. The fourth-order valence-corrected chi connectivity index (χ4v) is 2.71. The van der Waals surface area contributed by atoms with E-state index in [4.69, 9.17) is 0 Å². The minimum Gasteiger partial charge on any atom is -0.367 e. The molecule has 1 aliphatic carbocycles. The summed E-state index contributed by atoms with van der Waals surface area (Å²) in [5.74, 6) is 1.35. The van der Waals surface area contributed by atoms with Crippen LogP contribution in [0, 0.1) is 13.8 Å². The van der Waals surface area contributed by atoms with Gasteiger partial charge in [0.1, 0.15) is 5.82 Å². The second-order valence-corrected chi connectivity index (χ2v) is 5.42. The third-order valence-electron chi connectivity index (χ3n) is 3.60. The maximum atomic E-state index is 11.6. The van der Waals surface area contributed by atoms with E-state index in [1.54, 1.807) is 11.6 Å². The Labute approximate surface area is 117 Å². The van der Waals surface area contributed by atoms with Gasteiger partial charge in [-0.1, -0.05) is 12.8 Å². The molecule has 0 aliphatic heterocycles. The molecule has 0 saturated heterocycles. The Hall–Kier alpha value is -2.11. The van der Waals surface area contributed by atoms with Gasteiger partial charge in [0.15, 0.2) is 0 Å². The molecule has 2 N–H and O–H groups in total. The van der Waals surface area contributed by atoms with Gasteiger partial charge in [0.25, 0.3) is 5.56 Å². The van der Waals surface area contributed by atoms with E-state index in [2.05, 4.69) is 20.4 Å². The Balaban J connectivity index is 1.97. The molecule has 1 aliphatic rings. The minimum atomic E-state index is -0.160. The van der Waals surface area contributed by atoms with Crippen molar-refractivity contribution in [2.24, 2.45) is 0 Å². The van der Waals surface area contributed by atoms with E-state index in [-0.39, 0.29) is 5.56 Å². The number of rotatable bonds is 3. The van der Waals surface area contributed by atoms with Crippen LogP contribution in [0.2, 0.25) is 0 Å². The van der Waals surface area contributed by atoms with Crippen LogP contribution in [0.5, 0.6) is 0 Å². The second-order valence-electron chi connectivity index (χ2n) is 5.42. The van der Waals surface area contributed by atoms with Crippen molar-refractivity contribution in [2.75, 3.05) is 5.32 Å². The molecule has 1 fully saturated rings. The maximum Gasteiger partial charge on any atom is 0.252 e. The fraction of sp³-hybridized carbons (Fsp3) is 0.500. The van der Waals surface area contributed by atoms with Gasteiger partial charge < -0.3 is 5.32 Å². The molecule has 2 aromatic rings. The zero-order chi connectivity index (χ0) is 14.1. The van der Waals surface area contributed by atoms with E-state index in [0.29, 0.717) is 17.7 Å². The summed E-state index contributed by atoms with van der Waals surface area (Å²) in [6.45, 7) is 3.74. The highest BCUT2D eigenvalue weighted by Crippen LogP contribution is 2.23. The molecule has 0 atom stereocenters. The van der Waals surface area contributed by atoms with Crippen molar-refractivity contribution in [2.45, 2.75) is 45.6 Å². The summed E-state index contributed by atoms with van der Waals surface area (Å²) in [6.07, 6.45) is 4.90. The van der Waals surface area contributed by atoms with E-state index in [9.17, 15) is 4.79 Å². The van der Waals surface area contributed by atoms with Gasteiger partial charge in [-0.15, -0.1) is 0 Å². The van der Waals surface area contributed by atoms with Crippen LogP contribution in [0.4, 0.5) is 5.82 Å². The summed E-state index contributed by atoms with van der Waals surface area (Å²) >= 11 is 0. The number of aromatic nitrogens is 4. The van der Waals surface area contributed by atoms with Crippen LogP contribution in [0.1, 0.15) is 37.1 Å². The van der Waals surface area contributed by atoms with E-state index < -0.39 is 0 Å².